The molecule has 0 saturated heterocycles. The molecule has 9 heteroatoms. The highest BCUT2D eigenvalue weighted by Gasteiger charge is 2.17. The summed E-state index contributed by atoms with van der Waals surface area (Å²) < 4.78 is 9.00. The lowest BCUT2D eigenvalue weighted by Gasteiger charge is -2.16. The van der Waals surface area contributed by atoms with Crippen LogP contribution in [0.3, 0.4) is 0 Å². The largest absolute Gasteiger partial charge is 0.481 e. The number of carbonyl (C=O) groups is 1. The predicted molar refractivity (Wildman–Crippen MR) is 134 cm³/mol. The van der Waals surface area contributed by atoms with Crippen LogP contribution in [0.5, 0.6) is 5.75 Å². The summed E-state index contributed by atoms with van der Waals surface area (Å²) in [6.07, 6.45) is 0.955. The Hall–Kier alpha value is -3.59. The molecule has 1 atom stereocenters. The number of nitrogens with one attached hydrogen (secondary N) is 1. The van der Waals surface area contributed by atoms with E-state index >= 15 is 0 Å². The Morgan fingerprint density at radius 1 is 1.12 bits per heavy atom. The van der Waals surface area contributed by atoms with Crippen LogP contribution >= 0.6 is 11.8 Å². The SMILES string of the molecule is Cc1ccc(O[C@H](C)C(=O)Nc2ccccc2SCc2cc(=O)n3c(ncn3C(C)C)n2)cc1. The predicted octanol–water partition coefficient (Wildman–Crippen LogP) is 4.48. The molecule has 0 aliphatic rings. The minimum absolute atomic E-state index is 0.0950. The zero-order valence-electron chi connectivity index (χ0n) is 19.6. The van der Waals surface area contributed by atoms with Crippen molar-refractivity contribution in [2.45, 2.75) is 50.5 Å². The maximum absolute atomic E-state index is 12.7. The molecule has 1 amide bonds. The molecule has 2 heterocycles. The lowest BCUT2D eigenvalue weighted by molar-refractivity contribution is -0.122. The number of anilines is 1. The molecule has 8 nitrogen and oxygen atoms in total. The molecule has 0 spiro atoms. The monoisotopic (exact) mass is 477 g/mol. The number of benzene rings is 2. The van der Waals surface area contributed by atoms with Gasteiger partial charge in [0, 0.05) is 22.8 Å². The minimum Gasteiger partial charge on any atom is -0.481 e. The van der Waals surface area contributed by atoms with Crippen LogP contribution in [0.1, 0.15) is 38.1 Å². The van der Waals surface area contributed by atoms with E-state index < -0.39 is 6.10 Å². The van der Waals surface area contributed by atoms with E-state index in [1.807, 2.05) is 69.3 Å². The number of amides is 1. The zero-order valence-corrected chi connectivity index (χ0v) is 20.4. The van der Waals surface area contributed by atoms with Crippen LogP contribution in [0, 0.1) is 6.92 Å². The number of hydrogen-bond donors (Lipinski definition) is 1. The van der Waals surface area contributed by atoms with E-state index in [1.54, 1.807) is 17.9 Å². The number of carbonyl (C=O) groups excluding carboxylic acids is 1. The molecule has 4 aromatic rings. The van der Waals surface area contributed by atoms with Crippen molar-refractivity contribution in [2.75, 3.05) is 5.32 Å². The molecule has 0 aliphatic carbocycles. The standard InChI is InChI=1S/C25H27N5O3S/c1-16(2)29-15-26-25-27-19(13-23(31)30(25)29)14-34-22-8-6-5-7-21(22)28-24(32)18(4)33-20-11-9-17(3)10-12-20/h5-13,15-16,18H,14H2,1-4H3,(H,28,32)/t18-/m1/s1. The second-order valence-corrected chi connectivity index (χ2v) is 9.28. The first kappa shape index (κ1) is 23.6. The summed E-state index contributed by atoms with van der Waals surface area (Å²) in [5.41, 5.74) is 2.26. The highest BCUT2D eigenvalue weighted by molar-refractivity contribution is 7.98. The quantitative estimate of drug-likeness (QED) is 0.376. The molecule has 4 rings (SSSR count). The van der Waals surface area contributed by atoms with Crippen molar-refractivity contribution in [3.8, 4) is 5.75 Å². The average Bonchev–Trinajstić information content (AvgIpc) is 3.25. The van der Waals surface area contributed by atoms with Gasteiger partial charge in [0.2, 0.25) is 0 Å². The van der Waals surface area contributed by atoms with Crippen LogP contribution in [0.4, 0.5) is 5.69 Å². The molecule has 0 aliphatic heterocycles. The third-order valence-corrected chi connectivity index (χ3v) is 6.31. The molecule has 0 unspecified atom stereocenters. The van der Waals surface area contributed by atoms with Crippen LogP contribution in [-0.4, -0.2) is 31.2 Å². The molecule has 1 N–H and O–H groups in total. The summed E-state index contributed by atoms with van der Waals surface area (Å²) in [6, 6.07) is 16.7. The van der Waals surface area contributed by atoms with Crippen molar-refractivity contribution in [3.05, 3.63) is 82.5 Å². The number of para-hydroxylation sites is 1. The third-order valence-electron chi connectivity index (χ3n) is 5.21. The number of nitrogens with zero attached hydrogens (tertiary/aromatic N) is 4. The Morgan fingerprint density at radius 2 is 1.85 bits per heavy atom. The van der Waals surface area contributed by atoms with E-state index in [9.17, 15) is 9.59 Å². The molecule has 176 valence electrons. The highest BCUT2D eigenvalue weighted by Crippen LogP contribution is 2.29. The second kappa shape index (κ2) is 10.1. The van der Waals surface area contributed by atoms with Gasteiger partial charge in [-0.2, -0.15) is 9.50 Å². The van der Waals surface area contributed by atoms with Gasteiger partial charge in [0.15, 0.2) is 6.10 Å². The number of aryl methyl sites for hydroxylation is 1. The Bertz CT molecular complexity index is 1360. The van der Waals surface area contributed by atoms with Crippen LogP contribution in [0.25, 0.3) is 5.78 Å². The molecular formula is C25H27N5O3S. The fourth-order valence-electron chi connectivity index (χ4n) is 3.37. The number of hydrogen-bond acceptors (Lipinski definition) is 6. The smallest absolute Gasteiger partial charge is 0.274 e. The van der Waals surface area contributed by atoms with Gasteiger partial charge in [-0.1, -0.05) is 29.8 Å². The number of rotatable bonds is 8. The summed E-state index contributed by atoms with van der Waals surface area (Å²) in [4.78, 5) is 35.0. The molecule has 34 heavy (non-hydrogen) atoms. The lowest BCUT2D eigenvalue weighted by atomic mass is 10.2. The van der Waals surface area contributed by atoms with Gasteiger partial charge in [0.25, 0.3) is 17.2 Å². The summed E-state index contributed by atoms with van der Waals surface area (Å²) in [7, 11) is 0. The van der Waals surface area contributed by atoms with Gasteiger partial charge in [0.05, 0.1) is 11.4 Å². The molecule has 0 radical (unpaired) electrons. The van der Waals surface area contributed by atoms with Crippen molar-refractivity contribution >= 4 is 29.1 Å². The van der Waals surface area contributed by atoms with Crippen LogP contribution < -0.4 is 15.6 Å². The van der Waals surface area contributed by atoms with Crippen molar-refractivity contribution in [1.82, 2.24) is 19.2 Å². The Balaban J connectivity index is 1.45. The maximum Gasteiger partial charge on any atom is 0.274 e. The van der Waals surface area contributed by atoms with Gasteiger partial charge >= 0.3 is 0 Å². The van der Waals surface area contributed by atoms with E-state index in [0.717, 1.165) is 10.5 Å². The molecule has 0 fully saturated rings. The van der Waals surface area contributed by atoms with Gasteiger partial charge < -0.3 is 10.1 Å². The summed E-state index contributed by atoms with van der Waals surface area (Å²) >= 11 is 1.49. The first-order valence-corrected chi connectivity index (χ1v) is 12.0. The van der Waals surface area contributed by atoms with E-state index in [-0.39, 0.29) is 17.5 Å². The lowest BCUT2D eigenvalue weighted by Crippen LogP contribution is -2.30. The molecule has 0 bridgehead atoms. The normalized spacial score (nSPS) is 12.1. The molecule has 0 saturated carbocycles. The van der Waals surface area contributed by atoms with E-state index in [0.29, 0.717) is 28.7 Å². The fourth-order valence-corrected chi connectivity index (χ4v) is 4.27. The van der Waals surface area contributed by atoms with Crippen LogP contribution in [-0.2, 0) is 10.5 Å². The van der Waals surface area contributed by atoms with Crippen molar-refractivity contribution in [3.63, 3.8) is 0 Å². The molecule has 2 aromatic heterocycles. The van der Waals surface area contributed by atoms with Gasteiger partial charge in [-0.05, 0) is 52.0 Å². The van der Waals surface area contributed by atoms with Crippen LogP contribution in [0.2, 0.25) is 0 Å². The first-order valence-electron chi connectivity index (χ1n) is 11.0. The van der Waals surface area contributed by atoms with Gasteiger partial charge in [-0.15, -0.1) is 11.8 Å². The van der Waals surface area contributed by atoms with E-state index in [2.05, 4.69) is 15.3 Å². The summed E-state index contributed by atoms with van der Waals surface area (Å²) in [5, 5.41) is 2.95. The van der Waals surface area contributed by atoms with Crippen molar-refractivity contribution < 1.29 is 9.53 Å². The molecular weight excluding hydrogens is 450 g/mol. The fraction of sp³-hybridized carbons (Fsp3) is 0.280. The summed E-state index contributed by atoms with van der Waals surface area (Å²) in [5.74, 6) is 1.23. The van der Waals surface area contributed by atoms with Gasteiger partial charge in [-0.25, -0.2) is 4.98 Å². The Kier molecular flexibility index (Phi) is 7.02. The maximum atomic E-state index is 12.7. The van der Waals surface area contributed by atoms with Crippen molar-refractivity contribution in [2.24, 2.45) is 0 Å². The topological polar surface area (TPSA) is 90.5 Å². The van der Waals surface area contributed by atoms with E-state index in [4.69, 9.17) is 4.74 Å². The molecule has 2 aromatic carbocycles. The Morgan fingerprint density at radius 3 is 2.59 bits per heavy atom. The van der Waals surface area contributed by atoms with Gasteiger partial charge in [0.1, 0.15) is 12.1 Å². The van der Waals surface area contributed by atoms with Crippen molar-refractivity contribution in [1.29, 1.82) is 0 Å². The number of fused-ring (bicyclic) bond motifs is 1. The zero-order chi connectivity index (χ0) is 24.2. The first-order chi connectivity index (χ1) is 16.3. The number of ether oxygens (including phenoxy) is 1. The van der Waals surface area contributed by atoms with Gasteiger partial charge in [-0.3, -0.25) is 14.3 Å². The van der Waals surface area contributed by atoms with E-state index in [1.165, 1.54) is 22.3 Å². The second-order valence-electron chi connectivity index (χ2n) is 8.26. The summed E-state index contributed by atoms with van der Waals surface area (Å²) in [6.45, 7) is 7.68. The average molecular weight is 478 g/mol. The minimum atomic E-state index is -0.666. The highest BCUT2D eigenvalue weighted by atomic mass is 32.2. The van der Waals surface area contributed by atoms with Crippen LogP contribution in [0.15, 0.2) is 70.6 Å². The number of aromatic nitrogens is 4. The third kappa shape index (κ3) is 5.31. The number of thioether (sulfide) groups is 1. The Labute approximate surface area is 202 Å².